The van der Waals surface area contributed by atoms with E-state index in [2.05, 4.69) is 13.5 Å². The molecule has 0 amide bonds. The first kappa shape index (κ1) is 11.9. The molecule has 15 heavy (non-hydrogen) atoms. The number of hydrogen-bond acceptors (Lipinski definition) is 3. The Kier molecular flexibility index (Phi) is 4.43. The van der Waals surface area contributed by atoms with Crippen molar-refractivity contribution in [2.24, 2.45) is 0 Å². The summed E-state index contributed by atoms with van der Waals surface area (Å²) < 4.78 is 5.01. The molecule has 0 aromatic heterocycles. The highest BCUT2D eigenvalue weighted by molar-refractivity contribution is 7.95. The minimum Gasteiger partial charge on any atom is -0.383 e. The summed E-state index contributed by atoms with van der Waals surface area (Å²) in [7, 11) is 0. The van der Waals surface area contributed by atoms with Crippen molar-refractivity contribution in [3.63, 3.8) is 0 Å². The molecule has 80 valence electrons. The number of carbonyl (C=O) groups is 1. The summed E-state index contributed by atoms with van der Waals surface area (Å²) in [6.45, 7) is 7.23. The monoisotopic (exact) mass is 222 g/mol. The molecule has 0 unspecified atom stereocenters. The van der Waals surface area contributed by atoms with Crippen molar-refractivity contribution in [2.75, 3.05) is 0 Å². The van der Waals surface area contributed by atoms with Crippen molar-refractivity contribution in [1.29, 1.82) is 0 Å². The smallest absolute Gasteiger partial charge is 0.345 e. The van der Waals surface area contributed by atoms with Gasteiger partial charge in [0.05, 0.1) is 16.9 Å². The van der Waals surface area contributed by atoms with Crippen LogP contribution in [0.5, 0.6) is 0 Å². The van der Waals surface area contributed by atoms with E-state index in [9.17, 15) is 4.79 Å². The Hall–Kier alpha value is -1.22. The molecule has 0 aliphatic carbocycles. The van der Waals surface area contributed by atoms with Gasteiger partial charge in [-0.2, -0.15) is 0 Å². The minimum absolute atomic E-state index is 0.370. The lowest BCUT2D eigenvalue weighted by Gasteiger charge is -2.06. The van der Waals surface area contributed by atoms with E-state index in [1.54, 1.807) is 6.92 Å². The third-order valence-electron chi connectivity index (χ3n) is 1.91. The molecule has 0 atom stereocenters. The first-order valence-electron chi connectivity index (χ1n) is 4.77. The van der Waals surface area contributed by atoms with Gasteiger partial charge in [0.1, 0.15) is 0 Å². The predicted molar refractivity (Wildman–Crippen MR) is 62.6 cm³/mol. The average Bonchev–Trinajstić information content (AvgIpc) is 2.26. The molecule has 0 radical (unpaired) electrons. The average molecular weight is 222 g/mol. The zero-order valence-corrected chi connectivity index (χ0v) is 9.76. The van der Waals surface area contributed by atoms with Crippen LogP contribution in [0.1, 0.15) is 19.4 Å². The molecule has 0 aliphatic heterocycles. The maximum absolute atomic E-state index is 11.2. The molecule has 1 aromatic rings. The Morgan fingerprint density at radius 1 is 1.47 bits per heavy atom. The summed E-state index contributed by atoms with van der Waals surface area (Å²) in [4.78, 5) is 12.2. The zero-order chi connectivity index (χ0) is 11.3. The maximum atomic E-state index is 11.2. The van der Waals surface area contributed by atoms with Crippen LogP contribution in [0.2, 0.25) is 0 Å². The highest BCUT2D eigenvalue weighted by Crippen LogP contribution is 2.24. The van der Waals surface area contributed by atoms with Crippen molar-refractivity contribution in [1.82, 2.24) is 0 Å². The first-order valence-corrected chi connectivity index (χ1v) is 5.51. The Morgan fingerprint density at radius 3 is 2.73 bits per heavy atom. The van der Waals surface area contributed by atoms with Crippen molar-refractivity contribution >= 4 is 18.0 Å². The van der Waals surface area contributed by atoms with Crippen LogP contribution in [0.3, 0.4) is 0 Å². The highest BCUT2D eigenvalue weighted by atomic mass is 32.2. The molecule has 0 saturated carbocycles. The second-order valence-electron chi connectivity index (χ2n) is 3.20. The second-order valence-corrected chi connectivity index (χ2v) is 3.97. The molecular weight excluding hydrogens is 208 g/mol. The molecule has 3 heteroatoms. The van der Waals surface area contributed by atoms with Crippen molar-refractivity contribution < 1.29 is 8.98 Å². The van der Waals surface area contributed by atoms with E-state index in [1.165, 1.54) is 5.56 Å². The van der Waals surface area contributed by atoms with Gasteiger partial charge in [0.2, 0.25) is 0 Å². The Labute approximate surface area is 94.5 Å². The fourth-order valence-electron chi connectivity index (χ4n) is 1.03. The van der Waals surface area contributed by atoms with Crippen LogP contribution in [0.4, 0.5) is 0 Å². The molecule has 0 spiro atoms. The van der Waals surface area contributed by atoms with Gasteiger partial charge < -0.3 is 4.18 Å². The molecule has 1 rings (SSSR count). The largest absolute Gasteiger partial charge is 0.383 e. The molecule has 0 fully saturated rings. The van der Waals surface area contributed by atoms with Crippen molar-refractivity contribution in [3.05, 3.63) is 42.0 Å². The van der Waals surface area contributed by atoms with Gasteiger partial charge in [-0.25, -0.2) is 4.79 Å². The Morgan fingerprint density at radius 2 is 2.13 bits per heavy atom. The van der Waals surface area contributed by atoms with Crippen LogP contribution in [-0.4, -0.2) is 5.97 Å². The second kappa shape index (κ2) is 5.61. The third-order valence-corrected chi connectivity index (χ3v) is 2.72. The van der Waals surface area contributed by atoms with Gasteiger partial charge >= 0.3 is 5.97 Å². The normalized spacial score (nSPS) is 9.73. The lowest BCUT2D eigenvalue weighted by atomic mass is 10.2. The van der Waals surface area contributed by atoms with E-state index in [-0.39, 0.29) is 5.97 Å². The molecule has 0 bridgehead atoms. The summed E-state index contributed by atoms with van der Waals surface area (Å²) in [6.07, 6.45) is 0.924. The lowest BCUT2D eigenvalue weighted by molar-refractivity contribution is -0.128. The van der Waals surface area contributed by atoms with Crippen LogP contribution >= 0.6 is 12.0 Å². The number of aryl methyl sites for hydroxylation is 1. The number of rotatable bonds is 4. The zero-order valence-electron chi connectivity index (χ0n) is 8.95. The quantitative estimate of drug-likeness (QED) is 0.577. The number of carbonyl (C=O) groups excluding carboxylic acids is 1. The van der Waals surface area contributed by atoms with Gasteiger partial charge in [0.15, 0.2) is 0 Å². The molecule has 0 saturated heterocycles. The molecule has 0 heterocycles. The molecular formula is C12H14O2S. The van der Waals surface area contributed by atoms with Gasteiger partial charge in [0, 0.05) is 5.57 Å². The lowest BCUT2D eigenvalue weighted by Crippen LogP contribution is -1.99. The SMILES string of the molecule is C=C(C)C(=O)OSc1ccccc1CC. The number of hydrogen-bond donors (Lipinski definition) is 0. The van der Waals surface area contributed by atoms with E-state index in [4.69, 9.17) is 4.18 Å². The number of benzene rings is 1. The summed E-state index contributed by atoms with van der Waals surface area (Å²) in [5, 5.41) is 0. The standard InChI is InChI=1S/C12H14O2S/c1-4-10-7-5-6-8-11(10)15-14-12(13)9(2)3/h5-8H,2,4H2,1,3H3. The van der Waals surface area contributed by atoms with Crippen molar-refractivity contribution in [3.8, 4) is 0 Å². The van der Waals surface area contributed by atoms with Gasteiger partial charge in [0.25, 0.3) is 0 Å². The fourth-order valence-corrected chi connectivity index (χ4v) is 1.79. The topological polar surface area (TPSA) is 26.3 Å². The van der Waals surface area contributed by atoms with Crippen molar-refractivity contribution in [2.45, 2.75) is 25.2 Å². The highest BCUT2D eigenvalue weighted by Gasteiger charge is 2.07. The van der Waals surface area contributed by atoms with E-state index in [0.717, 1.165) is 23.4 Å². The van der Waals surface area contributed by atoms with Crippen LogP contribution in [0.25, 0.3) is 0 Å². The summed E-state index contributed by atoms with van der Waals surface area (Å²) in [5.74, 6) is -0.370. The Bertz CT molecular complexity index is 372. The van der Waals surface area contributed by atoms with Crippen LogP contribution < -0.4 is 0 Å². The maximum Gasteiger partial charge on any atom is 0.345 e. The molecule has 1 aromatic carbocycles. The minimum atomic E-state index is -0.370. The van der Waals surface area contributed by atoms with Gasteiger partial charge in [-0.05, 0) is 25.0 Å². The predicted octanol–water partition coefficient (Wildman–Crippen LogP) is 3.38. The fraction of sp³-hybridized carbons (Fsp3) is 0.250. The Balaban J connectivity index is 2.65. The first-order chi connectivity index (χ1) is 7.15. The van der Waals surface area contributed by atoms with Crippen LogP contribution in [0.15, 0.2) is 41.3 Å². The molecule has 2 nitrogen and oxygen atoms in total. The van der Waals surface area contributed by atoms with E-state index < -0.39 is 0 Å². The van der Waals surface area contributed by atoms with Gasteiger partial charge in [-0.3, -0.25) is 0 Å². The third kappa shape index (κ3) is 3.44. The van der Waals surface area contributed by atoms with E-state index >= 15 is 0 Å². The summed E-state index contributed by atoms with van der Waals surface area (Å²) in [6, 6.07) is 7.87. The summed E-state index contributed by atoms with van der Waals surface area (Å²) >= 11 is 1.10. The molecule has 0 aliphatic rings. The van der Waals surface area contributed by atoms with Crippen LogP contribution in [-0.2, 0) is 15.4 Å². The van der Waals surface area contributed by atoms with Gasteiger partial charge in [-0.15, -0.1) is 0 Å². The van der Waals surface area contributed by atoms with Gasteiger partial charge in [-0.1, -0.05) is 31.7 Å². The summed E-state index contributed by atoms with van der Waals surface area (Å²) in [5.41, 5.74) is 1.59. The van der Waals surface area contributed by atoms with E-state index in [0.29, 0.717) is 5.57 Å². The van der Waals surface area contributed by atoms with E-state index in [1.807, 2.05) is 24.3 Å². The molecule has 0 N–H and O–H groups in total. The van der Waals surface area contributed by atoms with Crippen LogP contribution in [0, 0.1) is 0 Å².